The fourth-order valence-electron chi connectivity index (χ4n) is 3.00. The normalized spacial score (nSPS) is 11.1. The summed E-state index contributed by atoms with van der Waals surface area (Å²) in [7, 11) is 1.88. The van der Waals surface area contributed by atoms with E-state index in [2.05, 4.69) is 20.3 Å². The predicted octanol–water partition coefficient (Wildman–Crippen LogP) is 1.84. The number of aromatic nitrogens is 5. The number of rotatable bonds is 3. The van der Waals surface area contributed by atoms with Crippen LogP contribution in [0.15, 0.2) is 53.6 Å². The molecule has 0 aliphatic carbocycles. The van der Waals surface area contributed by atoms with Gasteiger partial charge in [-0.05, 0) is 29.8 Å². The molecule has 0 saturated carbocycles. The first-order valence-electron chi connectivity index (χ1n) is 7.84. The molecule has 0 spiro atoms. The van der Waals surface area contributed by atoms with E-state index in [1.165, 1.54) is 0 Å². The molecule has 7 heteroatoms. The molecular weight excluding hydrogens is 316 g/mol. The number of hydrogen-bond acceptors (Lipinski definition) is 5. The molecule has 0 saturated heterocycles. The van der Waals surface area contributed by atoms with Crippen LogP contribution in [0.5, 0.6) is 0 Å². The Morgan fingerprint density at radius 3 is 2.84 bits per heavy atom. The molecule has 4 rings (SSSR count). The lowest BCUT2D eigenvalue weighted by molar-refractivity contribution is 0.773. The minimum absolute atomic E-state index is 0.227. The van der Waals surface area contributed by atoms with Crippen LogP contribution in [0.1, 0.15) is 5.69 Å². The van der Waals surface area contributed by atoms with E-state index < -0.39 is 0 Å². The van der Waals surface area contributed by atoms with Crippen LogP contribution < -0.4 is 11.3 Å². The second-order valence-corrected chi connectivity index (χ2v) is 5.71. The first-order valence-corrected chi connectivity index (χ1v) is 7.84. The second kappa shape index (κ2) is 5.95. The largest absolute Gasteiger partial charge is 0.325 e. The van der Waals surface area contributed by atoms with E-state index in [-0.39, 0.29) is 12.1 Å². The maximum absolute atomic E-state index is 12.0. The van der Waals surface area contributed by atoms with E-state index >= 15 is 0 Å². The summed E-state index contributed by atoms with van der Waals surface area (Å²) in [5.41, 5.74) is 9.81. The Hall–Kier alpha value is -3.32. The Bertz CT molecular complexity index is 1110. The van der Waals surface area contributed by atoms with E-state index in [1.807, 2.05) is 37.4 Å². The Kier molecular flexibility index (Phi) is 3.62. The summed E-state index contributed by atoms with van der Waals surface area (Å²) in [6, 6.07) is 11.4. The maximum Gasteiger partial charge on any atom is 0.272 e. The molecule has 7 nitrogen and oxygen atoms in total. The number of hydrogen-bond donors (Lipinski definition) is 2. The monoisotopic (exact) mass is 332 g/mol. The SMILES string of the molecule is Cn1ncc(-c2ccc3c(=O)[nH]nc(CN)c3c2)c1-c1ccccn1. The van der Waals surface area contributed by atoms with Gasteiger partial charge >= 0.3 is 0 Å². The van der Waals surface area contributed by atoms with Gasteiger partial charge < -0.3 is 5.73 Å². The molecule has 4 aromatic rings. The lowest BCUT2D eigenvalue weighted by atomic mass is 10.0. The highest BCUT2D eigenvalue weighted by atomic mass is 16.1. The van der Waals surface area contributed by atoms with Crippen molar-refractivity contribution in [2.75, 3.05) is 0 Å². The molecule has 0 amide bonds. The van der Waals surface area contributed by atoms with Crippen LogP contribution in [0.2, 0.25) is 0 Å². The number of aryl methyl sites for hydroxylation is 1. The molecule has 3 heterocycles. The average molecular weight is 332 g/mol. The van der Waals surface area contributed by atoms with Crippen molar-refractivity contribution in [3.05, 3.63) is 64.8 Å². The molecule has 0 aliphatic rings. The molecule has 3 aromatic heterocycles. The number of pyridine rings is 1. The summed E-state index contributed by atoms with van der Waals surface area (Å²) in [6.07, 6.45) is 3.55. The van der Waals surface area contributed by atoms with Crippen molar-refractivity contribution in [3.8, 4) is 22.5 Å². The van der Waals surface area contributed by atoms with Crippen molar-refractivity contribution < 1.29 is 0 Å². The van der Waals surface area contributed by atoms with Crippen molar-refractivity contribution in [2.45, 2.75) is 6.54 Å². The first-order chi connectivity index (χ1) is 12.2. The number of aromatic amines is 1. The molecule has 3 N–H and O–H groups in total. The van der Waals surface area contributed by atoms with Crippen molar-refractivity contribution in [1.82, 2.24) is 25.0 Å². The van der Waals surface area contributed by atoms with Crippen LogP contribution in [-0.2, 0) is 13.6 Å². The average Bonchev–Trinajstić information content (AvgIpc) is 3.04. The quantitative estimate of drug-likeness (QED) is 0.596. The fourth-order valence-corrected chi connectivity index (χ4v) is 3.00. The predicted molar refractivity (Wildman–Crippen MR) is 95.7 cm³/mol. The van der Waals surface area contributed by atoms with E-state index in [9.17, 15) is 4.79 Å². The van der Waals surface area contributed by atoms with Crippen molar-refractivity contribution >= 4 is 10.8 Å². The number of benzene rings is 1. The molecular formula is C18H16N6O. The first kappa shape index (κ1) is 15.2. The maximum atomic E-state index is 12.0. The summed E-state index contributed by atoms with van der Waals surface area (Å²) in [5.74, 6) is 0. The lowest BCUT2D eigenvalue weighted by Crippen LogP contribution is -2.13. The standard InChI is InChI=1S/C18H16N6O/c1-24-17(15-4-2-3-7-20-15)14(10-21-24)11-5-6-12-13(8-11)16(9-19)22-23-18(12)25/h2-8,10H,9,19H2,1H3,(H,23,25). The second-order valence-electron chi connectivity index (χ2n) is 5.71. The smallest absolute Gasteiger partial charge is 0.272 e. The van der Waals surface area contributed by atoms with E-state index in [0.717, 1.165) is 27.9 Å². The zero-order valence-electron chi connectivity index (χ0n) is 13.6. The zero-order valence-corrected chi connectivity index (χ0v) is 13.6. The van der Waals surface area contributed by atoms with Gasteiger partial charge in [-0.1, -0.05) is 12.1 Å². The minimum Gasteiger partial charge on any atom is -0.325 e. The highest BCUT2D eigenvalue weighted by Crippen LogP contribution is 2.32. The number of H-pyrrole nitrogens is 1. The van der Waals surface area contributed by atoms with Crippen molar-refractivity contribution in [3.63, 3.8) is 0 Å². The number of nitrogens with one attached hydrogen (secondary N) is 1. The van der Waals surface area contributed by atoms with E-state index in [4.69, 9.17) is 5.73 Å². The number of fused-ring (bicyclic) bond motifs is 1. The van der Waals surface area contributed by atoms with Crippen LogP contribution in [0.25, 0.3) is 33.3 Å². The molecule has 0 aliphatic heterocycles. The number of nitrogens with two attached hydrogens (primary N) is 1. The molecule has 0 atom stereocenters. The summed E-state index contributed by atoms with van der Waals surface area (Å²) in [4.78, 5) is 16.4. The Morgan fingerprint density at radius 2 is 2.08 bits per heavy atom. The molecule has 0 bridgehead atoms. The Balaban J connectivity index is 1.96. The summed E-state index contributed by atoms with van der Waals surface area (Å²) in [6.45, 7) is 0.247. The van der Waals surface area contributed by atoms with Crippen LogP contribution >= 0.6 is 0 Å². The fraction of sp³-hybridized carbons (Fsp3) is 0.111. The molecule has 1 aromatic carbocycles. The molecule has 25 heavy (non-hydrogen) atoms. The van der Waals surface area contributed by atoms with Crippen LogP contribution in [0.4, 0.5) is 0 Å². The van der Waals surface area contributed by atoms with Gasteiger partial charge in [-0.3, -0.25) is 14.5 Å². The van der Waals surface area contributed by atoms with Crippen LogP contribution in [-0.4, -0.2) is 25.0 Å². The van der Waals surface area contributed by atoms with E-state index in [0.29, 0.717) is 11.1 Å². The summed E-state index contributed by atoms with van der Waals surface area (Å²) < 4.78 is 1.79. The Morgan fingerprint density at radius 1 is 1.20 bits per heavy atom. The topological polar surface area (TPSA) is 102 Å². The summed E-state index contributed by atoms with van der Waals surface area (Å²) in [5, 5.41) is 12.2. The van der Waals surface area contributed by atoms with Crippen LogP contribution in [0.3, 0.4) is 0 Å². The Labute approximate surface area is 143 Å². The highest BCUT2D eigenvalue weighted by Gasteiger charge is 2.15. The molecule has 0 fully saturated rings. The van der Waals surface area contributed by atoms with Gasteiger partial charge in [0, 0.05) is 30.7 Å². The lowest BCUT2D eigenvalue weighted by Gasteiger charge is -2.08. The van der Waals surface area contributed by atoms with E-state index in [1.54, 1.807) is 23.1 Å². The van der Waals surface area contributed by atoms with Crippen LogP contribution in [0, 0.1) is 0 Å². The molecule has 124 valence electrons. The third-order valence-corrected chi connectivity index (χ3v) is 4.22. The molecule has 0 unspecified atom stereocenters. The third-order valence-electron chi connectivity index (χ3n) is 4.22. The van der Waals surface area contributed by atoms with Gasteiger partial charge in [0.2, 0.25) is 0 Å². The molecule has 0 radical (unpaired) electrons. The van der Waals surface area contributed by atoms with Crippen molar-refractivity contribution in [2.24, 2.45) is 12.8 Å². The van der Waals surface area contributed by atoms with Crippen molar-refractivity contribution in [1.29, 1.82) is 0 Å². The minimum atomic E-state index is -0.227. The van der Waals surface area contributed by atoms with Gasteiger partial charge in [0.15, 0.2) is 0 Å². The zero-order chi connectivity index (χ0) is 17.4. The number of nitrogens with zero attached hydrogens (tertiary/aromatic N) is 4. The highest BCUT2D eigenvalue weighted by molar-refractivity contribution is 5.90. The van der Waals surface area contributed by atoms with Gasteiger partial charge in [0.25, 0.3) is 5.56 Å². The van der Waals surface area contributed by atoms with Gasteiger partial charge in [-0.15, -0.1) is 0 Å². The van der Waals surface area contributed by atoms with Gasteiger partial charge in [0.1, 0.15) is 0 Å². The van der Waals surface area contributed by atoms with Gasteiger partial charge in [0.05, 0.1) is 28.7 Å². The van der Waals surface area contributed by atoms with Gasteiger partial charge in [-0.2, -0.15) is 10.2 Å². The van der Waals surface area contributed by atoms with Gasteiger partial charge in [-0.25, -0.2) is 5.10 Å². The summed E-state index contributed by atoms with van der Waals surface area (Å²) >= 11 is 0. The third kappa shape index (κ3) is 2.50.